The highest BCUT2D eigenvalue weighted by molar-refractivity contribution is 6.30. The van der Waals surface area contributed by atoms with Gasteiger partial charge in [-0.15, -0.1) is 0 Å². The molecule has 0 spiro atoms. The van der Waals surface area contributed by atoms with E-state index in [2.05, 4.69) is 0 Å². The van der Waals surface area contributed by atoms with E-state index in [0.717, 1.165) is 22.4 Å². The van der Waals surface area contributed by atoms with Crippen molar-refractivity contribution in [1.29, 1.82) is 0 Å². The molecule has 2 aromatic carbocycles. The molecule has 0 radical (unpaired) electrons. The molecule has 0 saturated carbocycles. The first-order valence-corrected chi connectivity index (χ1v) is 5.76. The molecule has 0 saturated heterocycles. The van der Waals surface area contributed by atoms with E-state index in [-0.39, 0.29) is 0 Å². The molecule has 0 aromatic heterocycles. The third-order valence-electron chi connectivity index (χ3n) is 2.68. The van der Waals surface area contributed by atoms with E-state index < -0.39 is 0 Å². The van der Waals surface area contributed by atoms with Crippen LogP contribution < -0.4 is 10.5 Å². The second-order valence-corrected chi connectivity index (χ2v) is 4.14. The second-order valence-electron chi connectivity index (χ2n) is 3.71. The summed E-state index contributed by atoms with van der Waals surface area (Å²) in [5.74, 6) is 0.838. The van der Waals surface area contributed by atoms with Crippen molar-refractivity contribution in [3.8, 4) is 16.9 Å². The van der Waals surface area contributed by atoms with Crippen molar-refractivity contribution in [1.82, 2.24) is 0 Å². The smallest absolute Gasteiger partial charge is 0.126 e. The Morgan fingerprint density at radius 2 is 1.88 bits per heavy atom. The Kier molecular flexibility index (Phi) is 3.67. The number of methoxy groups -OCH3 is 1. The summed E-state index contributed by atoms with van der Waals surface area (Å²) in [6.45, 7) is 0.452. The molecule has 0 amide bonds. The third-order valence-corrected chi connectivity index (χ3v) is 2.92. The van der Waals surface area contributed by atoms with E-state index in [1.54, 1.807) is 7.11 Å². The lowest BCUT2D eigenvalue weighted by molar-refractivity contribution is 0.416. The van der Waals surface area contributed by atoms with Gasteiger partial charge in [-0.1, -0.05) is 35.9 Å². The van der Waals surface area contributed by atoms with Gasteiger partial charge in [0.25, 0.3) is 0 Å². The topological polar surface area (TPSA) is 35.2 Å². The minimum Gasteiger partial charge on any atom is -0.496 e. The van der Waals surface area contributed by atoms with Gasteiger partial charge in [0.05, 0.1) is 7.11 Å². The largest absolute Gasteiger partial charge is 0.496 e. The van der Waals surface area contributed by atoms with Crippen molar-refractivity contribution in [2.24, 2.45) is 5.73 Å². The van der Waals surface area contributed by atoms with Gasteiger partial charge in [0.1, 0.15) is 5.75 Å². The van der Waals surface area contributed by atoms with Crippen LogP contribution in [0.2, 0.25) is 5.02 Å². The summed E-state index contributed by atoms with van der Waals surface area (Å²) >= 11 is 5.97. The third kappa shape index (κ3) is 2.43. The molecular weight excluding hydrogens is 234 g/mol. The van der Waals surface area contributed by atoms with Crippen LogP contribution in [-0.2, 0) is 6.54 Å². The van der Waals surface area contributed by atoms with E-state index >= 15 is 0 Å². The summed E-state index contributed by atoms with van der Waals surface area (Å²) in [4.78, 5) is 0. The van der Waals surface area contributed by atoms with Crippen molar-refractivity contribution in [3.63, 3.8) is 0 Å². The summed E-state index contributed by atoms with van der Waals surface area (Å²) in [6.07, 6.45) is 0. The fourth-order valence-corrected chi connectivity index (χ4v) is 2.06. The standard InChI is InChI=1S/C14H14ClNO/c1-17-14-5-3-2-4-13(14)12-7-6-11(15)8-10(12)9-16/h2-8H,9,16H2,1H3. The van der Waals surface area contributed by atoms with Crippen molar-refractivity contribution < 1.29 is 4.74 Å². The van der Waals surface area contributed by atoms with E-state index in [0.29, 0.717) is 11.6 Å². The molecule has 2 N–H and O–H groups in total. The zero-order valence-corrected chi connectivity index (χ0v) is 10.4. The Bertz CT molecular complexity index is 525. The summed E-state index contributed by atoms with van der Waals surface area (Å²) < 4.78 is 5.36. The van der Waals surface area contributed by atoms with Crippen LogP contribution in [-0.4, -0.2) is 7.11 Å². The van der Waals surface area contributed by atoms with Crippen LogP contribution in [0.1, 0.15) is 5.56 Å². The normalized spacial score (nSPS) is 10.3. The lowest BCUT2D eigenvalue weighted by Gasteiger charge is -2.12. The molecule has 0 bridgehead atoms. The van der Waals surface area contributed by atoms with Crippen LogP contribution in [0.3, 0.4) is 0 Å². The molecule has 17 heavy (non-hydrogen) atoms. The summed E-state index contributed by atoms with van der Waals surface area (Å²) in [5, 5.41) is 0.698. The molecule has 0 atom stereocenters. The number of hydrogen-bond donors (Lipinski definition) is 1. The number of hydrogen-bond acceptors (Lipinski definition) is 2. The van der Waals surface area contributed by atoms with Gasteiger partial charge in [0, 0.05) is 17.1 Å². The molecule has 2 nitrogen and oxygen atoms in total. The molecule has 0 aliphatic heterocycles. The lowest BCUT2D eigenvalue weighted by Crippen LogP contribution is -1.99. The number of ether oxygens (including phenoxy) is 1. The van der Waals surface area contributed by atoms with Gasteiger partial charge in [0.2, 0.25) is 0 Å². The van der Waals surface area contributed by atoms with Gasteiger partial charge in [0.15, 0.2) is 0 Å². The van der Waals surface area contributed by atoms with Crippen molar-refractivity contribution in [3.05, 3.63) is 53.1 Å². The van der Waals surface area contributed by atoms with E-state index in [9.17, 15) is 0 Å². The number of rotatable bonds is 3. The minimum atomic E-state index is 0.452. The molecule has 2 aromatic rings. The summed E-state index contributed by atoms with van der Waals surface area (Å²) in [7, 11) is 1.66. The Hall–Kier alpha value is -1.51. The van der Waals surface area contributed by atoms with Crippen molar-refractivity contribution in [2.75, 3.05) is 7.11 Å². The van der Waals surface area contributed by atoms with Crippen LogP contribution >= 0.6 is 11.6 Å². The summed E-state index contributed by atoms with van der Waals surface area (Å²) in [6, 6.07) is 13.6. The van der Waals surface area contributed by atoms with Crippen LogP contribution in [0.25, 0.3) is 11.1 Å². The number of para-hydroxylation sites is 1. The molecule has 0 heterocycles. The lowest BCUT2D eigenvalue weighted by atomic mass is 9.99. The average Bonchev–Trinajstić information content (AvgIpc) is 2.38. The Morgan fingerprint density at radius 3 is 2.59 bits per heavy atom. The van der Waals surface area contributed by atoms with Crippen LogP contribution in [0.5, 0.6) is 5.75 Å². The predicted octanol–water partition coefficient (Wildman–Crippen LogP) is 3.47. The number of benzene rings is 2. The molecule has 0 aliphatic rings. The Morgan fingerprint density at radius 1 is 1.12 bits per heavy atom. The van der Waals surface area contributed by atoms with Gasteiger partial charge in [-0.05, 0) is 29.3 Å². The maximum Gasteiger partial charge on any atom is 0.126 e. The quantitative estimate of drug-likeness (QED) is 0.901. The first-order valence-electron chi connectivity index (χ1n) is 5.38. The Balaban J connectivity index is 2.59. The van der Waals surface area contributed by atoms with E-state index in [1.165, 1.54) is 0 Å². The van der Waals surface area contributed by atoms with Gasteiger partial charge < -0.3 is 10.5 Å². The summed E-state index contributed by atoms with van der Waals surface area (Å²) in [5.41, 5.74) is 8.86. The highest BCUT2D eigenvalue weighted by Crippen LogP contribution is 2.33. The molecule has 0 unspecified atom stereocenters. The van der Waals surface area contributed by atoms with Crippen molar-refractivity contribution >= 4 is 11.6 Å². The van der Waals surface area contributed by atoms with Crippen LogP contribution in [0, 0.1) is 0 Å². The van der Waals surface area contributed by atoms with Crippen LogP contribution in [0.15, 0.2) is 42.5 Å². The molecule has 3 heteroatoms. The minimum absolute atomic E-state index is 0.452. The second kappa shape index (κ2) is 5.21. The van der Waals surface area contributed by atoms with Gasteiger partial charge in [-0.25, -0.2) is 0 Å². The van der Waals surface area contributed by atoms with E-state index in [4.69, 9.17) is 22.1 Å². The molecule has 88 valence electrons. The maximum atomic E-state index is 5.97. The molecule has 0 aliphatic carbocycles. The average molecular weight is 248 g/mol. The zero-order valence-electron chi connectivity index (χ0n) is 9.61. The first-order chi connectivity index (χ1) is 8.26. The van der Waals surface area contributed by atoms with Gasteiger partial charge in [-0.3, -0.25) is 0 Å². The molecule has 0 fully saturated rings. The van der Waals surface area contributed by atoms with Crippen molar-refractivity contribution in [2.45, 2.75) is 6.54 Å². The highest BCUT2D eigenvalue weighted by Gasteiger charge is 2.09. The fourth-order valence-electron chi connectivity index (χ4n) is 1.86. The van der Waals surface area contributed by atoms with Gasteiger partial charge in [-0.2, -0.15) is 0 Å². The molecule has 2 rings (SSSR count). The molecular formula is C14H14ClNO. The Labute approximate surface area is 106 Å². The SMILES string of the molecule is COc1ccccc1-c1ccc(Cl)cc1CN. The van der Waals surface area contributed by atoms with Gasteiger partial charge >= 0.3 is 0 Å². The first kappa shape index (κ1) is 12.0. The van der Waals surface area contributed by atoms with Crippen LogP contribution in [0.4, 0.5) is 0 Å². The van der Waals surface area contributed by atoms with E-state index in [1.807, 2.05) is 42.5 Å². The maximum absolute atomic E-state index is 5.97. The highest BCUT2D eigenvalue weighted by atomic mass is 35.5. The monoisotopic (exact) mass is 247 g/mol. The predicted molar refractivity (Wildman–Crippen MR) is 71.3 cm³/mol. The number of nitrogens with two attached hydrogens (primary N) is 1. The zero-order chi connectivity index (χ0) is 12.3. The fraction of sp³-hybridized carbons (Fsp3) is 0.143. The number of halogens is 1.